The van der Waals surface area contributed by atoms with Crippen LogP contribution in [0.3, 0.4) is 0 Å². The first-order chi connectivity index (χ1) is 15.2. The van der Waals surface area contributed by atoms with Gasteiger partial charge in [-0.3, -0.25) is 19.3 Å². The summed E-state index contributed by atoms with van der Waals surface area (Å²) in [6.45, 7) is 3.25. The molecule has 2 aromatic heterocycles. The van der Waals surface area contributed by atoms with E-state index in [9.17, 15) is 14.0 Å². The van der Waals surface area contributed by atoms with E-state index in [-0.39, 0.29) is 24.2 Å². The van der Waals surface area contributed by atoms with Crippen LogP contribution < -0.4 is 5.73 Å². The van der Waals surface area contributed by atoms with Crippen molar-refractivity contribution in [2.45, 2.75) is 20.4 Å². The van der Waals surface area contributed by atoms with E-state index < -0.39 is 0 Å². The molecule has 0 saturated carbocycles. The Morgan fingerprint density at radius 2 is 1.91 bits per heavy atom. The summed E-state index contributed by atoms with van der Waals surface area (Å²) in [7, 11) is 3.32. The van der Waals surface area contributed by atoms with Crippen molar-refractivity contribution < 1.29 is 14.0 Å². The topological polar surface area (TPSA) is 97.3 Å². The predicted molar refractivity (Wildman–Crippen MR) is 120 cm³/mol. The smallest absolute Gasteiger partial charge is 0.272 e. The van der Waals surface area contributed by atoms with Gasteiger partial charge in [-0.1, -0.05) is 6.07 Å². The molecule has 0 saturated heterocycles. The van der Waals surface area contributed by atoms with Crippen LogP contribution in [0.15, 0.2) is 42.6 Å². The van der Waals surface area contributed by atoms with Gasteiger partial charge in [0.1, 0.15) is 11.6 Å². The van der Waals surface area contributed by atoms with E-state index >= 15 is 0 Å². The van der Waals surface area contributed by atoms with Crippen LogP contribution in [0, 0.1) is 12.7 Å². The molecule has 32 heavy (non-hydrogen) atoms. The van der Waals surface area contributed by atoms with Gasteiger partial charge in [0.15, 0.2) is 0 Å². The van der Waals surface area contributed by atoms with E-state index in [1.807, 2.05) is 0 Å². The van der Waals surface area contributed by atoms with Crippen LogP contribution in [0.4, 0.5) is 10.2 Å². The molecule has 0 atom stereocenters. The average Bonchev–Trinajstić information content (AvgIpc) is 3.14. The molecule has 0 radical (unpaired) electrons. The molecule has 9 heteroatoms. The Balaban J connectivity index is 1.81. The van der Waals surface area contributed by atoms with Gasteiger partial charge in [-0.25, -0.2) is 14.4 Å². The van der Waals surface area contributed by atoms with E-state index in [1.54, 1.807) is 49.1 Å². The predicted octanol–water partition coefficient (Wildman–Crippen LogP) is 3.19. The second kappa shape index (κ2) is 7.92. The van der Waals surface area contributed by atoms with Crippen LogP contribution in [0.25, 0.3) is 21.8 Å². The molecule has 0 bridgehead atoms. The number of pyridine rings is 1. The monoisotopic (exact) mass is 434 g/mol. The van der Waals surface area contributed by atoms with Gasteiger partial charge in [-0.15, -0.1) is 0 Å². The summed E-state index contributed by atoms with van der Waals surface area (Å²) in [5.41, 5.74) is 9.25. The maximum absolute atomic E-state index is 13.5. The van der Waals surface area contributed by atoms with Crippen molar-refractivity contribution in [3.8, 4) is 0 Å². The van der Waals surface area contributed by atoms with Crippen molar-refractivity contribution in [3.05, 3.63) is 65.1 Å². The Morgan fingerprint density at radius 3 is 2.59 bits per heavy atom. The standard InChI is InChI=1S/C23H23FN6O2/c1-13-9-17(24)7-5-16(13)12-30(29(4)14(2)31)23(32)15-6-8-20-18(10-15)21-19(22(25)27-20)11-26-28(21)3/h5-11H,12H2,1-4H3,(H2,25,27). The Bertz CT molecular complexity index is 1380. The summed E-state index contributed by atoms with van der Waals surface area (Å²) in [4.78, 5) is 30.1. The molecule has 2 aromatic carbocycles. The number of aryl methyl sites for hydroxylation is 2. The summed E-state index contributed by atoms with van der Waals surface area (Å²) >= 11 is 0. The van der Waals surface area contributed by atoms with Crippen molar-refractivity contribution in [3.63, 3.8) is 0 Å². The number of aromatic nitrogens is 3. The van der Waals surface area contributed by atoms with Crippen LogP contribution in [0.2, 0.25) is 0 Å². The number of rotatable bonds is 3. The van der Waals surface area contributed by atoms with Gasteiger partial charge in [-0.05, 0) is 48.4 Å². The number of nitrogen functional groups attached to an aromatic ring is 1. The first kappa shape index (κ1) is 21.2. The van der Waals surface area contributed by atoms with Gasteiger partial charge in [0.2, 0.25) is 5.91 Å². The Kier molecular flexibility index (Phi) is 5.25. The Morgan fingerprint density at radius 1 is 1.16 bits per heavy atom. The molecule has 0 aliphatic rings. The number of nitrogens with zero attached hydrogens (tertiary/aromatic N) is 5. The van der Waals surface area contributed by atoms with Crippen molar-refractivity contribution in [1.29, 1.82) is 0 Å². The lowest BCUT2D eigenvalue weighted by molar-refractivity contribution is -0.140. The molecule has 2 N–H and O–H groups in total. The molecule has 0 aliphatic heterocycles. The highest BCUT2D eigenvalue weighted by atomic mass is 19.1. The normalized spacial score (nSPS) is 11.2. The number of fused-ring (bicyclic) bond motifs is 3. The fourth-order valence-electron chi connectivity index (χ4n) is 3.72. The summed E-state index contributed by atoms with van der Waals surface area (Å²) in [6, 6.07) is 9.46. The van der Waals surface area contributed by atoms with Crippen LogP contribution in [-0.4, -0.2) is 43.6 Å². The molecule has 0 aliphatic carbocycles. The summed E-state index contributed by atoms with van der Waals surface area (Å²) < 4.78 is 15.2. The van der Waals surface area contributed by atoms with Gasteiger partial charge < -0.3 is 5.73 Å². The van der Waals surface area contributed by atoms with Crippen LogP contribution >= 0.6 is 0 Å². The number of nitrogens with two attached hydrogens (primary N) is 1. The number of amides is 2. The van der Waals surface area contributed by atoms with Gasteiger partial charge in [0.25, 0.3) is 5.91 Å². The molecule has 0 unspecified atom stereocenters. The molecule has 2 heterocycles. The van der Waals surface area contributed by atoms with Crippen molar-refractivity contribution in [1.82, 2.24) is 24.8 Å². The lowest BCUT2D eigenvalue weighted by Crippen LogP contribution is -2.46. The number of carbonyl (C=O) groups is 2. The fraction of sp³-hybridized carbons (Fsp3) is 0.217. The van der Waals surface area contributed by atoms with Gasteiger partial charge in [0.05, 0.1) is 29.2 Å². The van der Waals surface area contributed by atoms with E-state index in [1.165, 1.54) is 36.1 Å². The van der Waals surface area contributed by atoms with Crippen LogP contribution in [-0.2, 0) is 18.4 Å². The molecule has 164 valence electrons. The van der Waals surface area contributed by atoms with Gasteiger partial charge >= 0.3 is 0 Å². The lowest BCUT2D eigenvalue weighted by Gasteiger charge is -2.32. The fourth-order valence-corrected chi connectivity index (χ4v) is 3.72. The van der Waals surface area contributed by atoms with Crippen molar-refractivity contribution >= 4 is 39.4 Å². The molecule has 2 amide bonds. The first-order valence-corrected chi connectivity index (χ1v) is 9.99. The second-order valence-corrected chi connectivity index (χ2v) is 7.74. The number of anilines is 1. The number of hydrogen-bond acceptors (Lipinski definition) is 5. The number of halogens is 1. The number of benzene rings is 2. The third-order valence-corrected chi connectivity index (χ3v) is 5.63. The maximum atomic E-state index is 13.5. The van der Waals surface area contributed by atoms with Crippen molar-refractivity contribution in [2.75, 3.05) is 12.8 Å². The Hall–Kier alpha value is -4.01. The van der Waals surface area contributed by atoms with Crippen LogP contribution in [0.1, 0.15) is 28.4 Å². The molecule has 0 fully saturated rings. The van der Waals surface area contributed by atoms with Crippen molar-refractivity contribution in [2.24, 2.45) is 7.05 Å². The third-order valence-electron chi connectivity index (χ3n) is 5.63. The lowest BCUT2D eigenvalue weighted by atomic mass is 10.1. The third kappa shape index (κ3) is 3.62. The minimum absolute atomic E-state index is 0.111. The average molecular weight is 434 g/mol. The summed E-state index contributed by atoms with van der Waals surface area (Å²) in [5.74, 6) is -0.669. The molecule has 4 rings (SSSR count). The summed E-state index contributed by atoms with van der Waals surface area (Å²) in [6.07, 6.45) is 1.64. The van der Waals surface area contributed by atoms with Gasteiger partial charge in [0, 0.05) is 32.0 Å². The zero-order chi connectivity index (χ0) is 23.2. The second-order valence-electron chi connectivity index (χ2n) is 7.74. The van der Waals surface area contributed by atoms with Crippen LogP contribution in [0.5, 0.6) is 0 Å². The quantitative estimate of drug-likeness (QED) is 0.500. The molecular formula is C23H23FN6O2. The highest BCUT2D eigenvalue weighted by Gasteiger charge is 2.24. The number of carbonyl (C=O) groups excluding carboxylic acids is 2. The number of hydrazine groups is 1. The molecule has 0 spiro atoms. The highest BCUT2D eigenvalue weighted by molar-refractivity contribution is 6.10. The van der Waals surface area contributed by atoms with E-state index in [0.29, 0.717) is 27.8 Å². The highest BCUT2D eigenvalue weighted by Crippen LogP contribution is 2.28. The zero-order valence-electron chi connectivity index (χ0n) is 18.3. The SMILES string of the molecule is CC(=O)N(C)N(Cc1ccc(F)cc1C)C(=O)c1ccc2nc(N)c3cnn(C)c3c2c1. The summed E-state index contributed by atoms with van der Waals surface area (Å²) in [5, 5.41) is 8.28. The Labute approximate surface area is 184 Å². The van der Waals surface area contributed by atoms with Gasteiger partial charge in [-0.2, -0.15) is 5.10 Å². The van der Waals surface area contributed by atoms with E-state index in [4.69, 9.17) is 5.73 Å². The minimum atomic E-state index is -0.375. The molecular weight excluding hydrogens is 411 g/mol. The largest absolute Gasteiger partial charge is 0.383 e. The number of hydrogen-bond donors (Lipinski definition) is 1. The zero-order valence-corrected chi connectivity index (χ0v) is 18.3. The minimum Gasteiger partial charge on any atom is -0.383 e. The van der Waals surface area contributed by atoms with E-state index in [0.717, 1.165) is 16.5 Å². The maximum Gasteiger partial charge on any atom is 0.272 e. The molecule has 4 aromatic rings. The van der Waals surface area contributed by atoms with E-state index in [2.05, 4.69) is 10.1 Å². The molecule has 8 nitrogen and oxygen atoms in total. The first-order valence-electron chi connectivity index (χ1n) is 9.99.